The Hall–Kier alpha value is -2.32. The van der Waals surface area contributed by atoms with Gasteiger partial charge in [0, 0.05) is 32.4 Å². The van der Waals surface area contributed by atoms with Gasteiger partial charge in [0.25, 0.3) is 0 Å². The van der Waals surface area contributed by atoms with E-state index in [2.05, 4.69) is 43.8 Å². The van der Waals surface area contributed by atoms with Crippen molar-refractivity contribution in [2.24, 2.45) is 46.3 Å². The lowest BCUT2D eigenvalue weighted by atomic mass is 9.43. The molecule has 4 fully saturated rings. The van der Waals surface area contributed by atoms with E-state index in [-0.39, 0.29) is 103 Å². The van der Waals surface area contributed by atoms with E-state index in [9.17, 15) is 34.5 Å². The summed E-state index contributed by atoms with van der Waals surface area (Å²) in [6, 6.07) is 0. The number of aliphatic carboxylic acids is 1. The van der Waals surface area contributed by atoms with Crippen molar-refractivity contribution in [3.05, 3.63) is 0 Å². The first-order valence-electron chi connectivity index (χ1n) is 20.0. The molecule has 13 heteroatoms. The third-order valence-electron chi connectivity index (χ3n) is 13.5. The van der Waals surface area contributed by atoms with Gasteiger partial charge >= 0.3 is 5.97 Å². The van der Waals surface area contributed by atoms with Crippen LogP contribution in [0.25, 0.3) is 0 Å². The van der Waals surface area contributed by atoms with Crippen molar-refractivity contribution in [1.29, 1.82) is 0 Å². The average molecular weight is 738 g/mol. The third kappa shape index (κ3) is 10.7. The molecule has 0 heterocycles. The van der Waals surface area contributed by atoms with Gasteiger partial charge in [0.05, 0.1) is 38.1 Å². The molecule has 4 aliphatic rings. The number of carboxylic acid groups (broad SMARTS) is 1. The van der Waals surface area contributed by atoms with Crippen molar-refractivity contribution >= 4 is 23.7 Å². The van der Waals surface area contributed by atoms with Gasteiger partial charge in [0.15, 0.2) is 0 Å². The monoisotopic (exact) mass is 737 g/mol. The summed E-state index contributed by atoms with van der Waals surface area (Å²) in [6.07, 6.45) is 8.31. The molecule has 0 spiro atoms. The summed E-state index contributed by atoms with van der Waals surface area (Å²) in [5, 5.41) is 38.3. The van der Waals surface area contributed by atoms with Gasteiger partial charge in [0.1, 0.15) is 6.61 Å². The van der Waals surface area contributed by atoms with E-state index in [1.807, 2.05) is 0 Å². The maximum Gasteiger partial charge on any atom is 0.303 e. The minimum atomic E-state index is -0.784. The van der Waals surface area contributed by atoms with Crippen LogP contribution in [-0.4, -0.2) is 96.8 Å². The molecule has 4 saturated carbocycles. The molecule has 298 valence electrons. The highest BCUT2D eigenvalue weighted by molar-refractivity contribution is 5.83. The van der Waals surface area contributed by atoms with Crippen molar-refractivity contribution in [3.63, 3.8) is 0 Å². The van der Waals surface area contributed by atoms with Crippen LogP contribution in [0.4, 0.5) is 0 Å². The molecular weight excluding hydrogens is 670 g/mol. The van der Waals surface area contributed by atoms with Crippen LogP contribution >= 0.6 is 0 Å². The van der Waals surface area contributed by atoms with Crippen LogP contribution in [-0.2, 0) is 33.5 Å². The number of amides is 3. The Balaban J connectivity index is 1.12. The predicted molar refractivity (Wildman–Crippen MR) is 193 cm³/mol. The molecule has 11 atom stereocenters. The maximum atomic E-state index is 12.5. The van der Waals surface area contributed by atoms with Crippen LogP contribution in [0, 0.1) is 46.3 Å². The van der Waals surface area contributed by atoms with Crippen molar-refractivity contribution < 1.29 is 48.8 Å². The number of carbonyl (C=O) groups excluding carboxylic acids is 3. The topological polar surface area (TPSA) is 193 Å². The number of ether oxygens (including phenoxy) is 2. The molecule has 3 amide bonds. The molecule has 0 aromatic heterocycles. The number of carbonyl (C=O) groups is 4. The second-order valence-corrected chi connectivity index (χ2v) is 16.6. The zero-order chi connectivity index (χ0) is 37.9. The number of aliphatic hydroxyl groups excluding tert-OH is 2. The number of unbranched alkanes of at least 4 members (excludes halogenated alkanes) is 2. The lowest BCUT2D eigenvalue weighted by molar-refractivity contribution is -0.212. The number of nitrogens with one attached hydrogen (secondary N) is 3. The van der Waals surface area contributed by atoms with E-state index in [1.165, 1.54) is 0 Å². The zero-order valence-electron chi connectivity index (χ0n) is 32.0. The van der Waals surface area contributed by atoms with E-state index < -0.39 is 18.2 Å². The van der Waals surface area contributed by atoms with Crippen molar-refractivity contribution in [3.8, 4) is 0 Å². The summed E-state index contributed by atoms with van der Waals surface area (Å²) in [4.78, 5) is 53.5. The number of hydroxylamine groups is 1. The van der Waals surface area contributed by atoms with Crippen LogP contribution in [0.2, 0.25) is 0 Å². The first kappa shape index (κ1) is 42.4. The highest BCUT2D eigenvalue weighted by atomic mass is 16.7. The van der Waals surface area contributed by atoms with Crippen LogP contribution in [0.5, 0.6) is 0 Å². The molecule has 52 heavy (non-hydrogen) atoms. The van der Waals surface area contributed by atoms with Gasteiger partial charge in [-0.1, -0.05) is 40.5 Å². The molecule has 0 aromatic rings. The predicted octanol–water partition coefficient (Wildman–Crippen LogP) is 3.74. The van der Waals surface area contributed by atoms with Crippen LogP contribution in [0.1, 0.15) is 118 Å². The Morgan fingerprint density at radius 3 is 2.31 bits per heavy atom. The number of hydrogen-bond donors (Lipinski definition) is 6. The summed E-state index contributed by atoms with van der Waals surface area (Å²) >= 11 is 0. The Labute approximate surface area is 310 Å². The molecule has 6 N–H and O–H groups in total. The summed E-state index contributed by atoms with van der Waals surface area (Å²) in [5.74, 6) is -0.417. The molecule has 4 rings (SSSR count). The summed E-state index contributed by atoms with van der Waals surface area (Å²) in [5.41, 5.74) is 2.17. The van der Waals surface area contributed by atoms with Gasteiger partial charge in [-0.25, -0.2) is 5.48 Å². The van der Waals surface area contributed by atoms with Crippen LogP contribution < -0.4 is 16.1 Å². The quantitative estimate of drug-likeness (QED) is 0.0747. The molecule has 0 aromatic carbocycles. The fourth-order valence-electron chi connectivity index (χ4n) is 10.6. The van der Waals surface area contributed by atoms with Crippen molar-refractivity contribution in [2.45, 2.75) is 136 Å². The van der Waals surface area contributed by atoms with Gasteiger partial charge < -0.3 is 35.4 Å². The van der Waals surface area contributed by atoms with E-state index in [0.717, 1.165) is 44.9 Å². The summed E-state index contributed by atoms with van der Waals surface area (Å²) < 4.78 is 10.7. The normalized spacial score (nSPS) is 34.3. The molecule has 4 aliphatic carbocycles. The Morgan fingerprint density at radius 1 is 0.827 bits per heavy atom. The molecule has 13 nitrogen and oxygen atoms in total. The van der Waals surface area contributed by atoms with Crippen LogP contribution in [0.3, 0.4) is 0 Å². The van der Waals surface area contributed by atoms with Crippen molar-refractivity contribution in [2.75, 3.05) is 39.5 Å². The standard InChI is InChI=1S/C39H67N3O10/c1-5-6-7-16-40-35(47)24-51-20-19-50-18-17-41-33(45)11-12-34(46)42-52-27-14-15-38(3)26(21-27)22-31(43)37-29-10-9-28(25(2)8-13-36(48)49)39(29,4)32(44)23-30(37)38/h25-32,37,43-44H,5-24H2,1-4H3,(H,40,47)(H,41,45)(H,42,46)(H,48,49)/t25-,26+,27?,28-,29?,30?,31-,32+,37+,38+,39-/m1/s1. The van der Waals surface area contributed by atoms with E-state index in [1.54, 1.807) is 0 Å². The van der Waals surface area contributed by atoms with E-state index in [4.69, 9.17) is 14.3 Å². The lowest BCUT2D eigenvalue weighted by Crippen LogP contribution is -2.62. The number of hydrogen-bond acceptors (Lipinski definition) is 9. The average Bonchev–Trinajstić information content (AvgIpc) is 3.47. The summed E-state index contributed by atoms with van der Waals surface area (Å²) in [6.45, 7) is 10.6. The molecule has 0 bridgehead atoms. The van der Waals surface area contributed by atoms with Gasteiger partial charge in [-0.15, -0.1) is 0 Å². The van der Waals surface area contributed by atoms with Crippen molar-refractivity contribution in [1.82, 2.24) is 16.1 Å². The number of aliphatic hydroxyl groups is 2. The largest absolute Gasteiger partial charge is 0.481 e. The first-order valence-corrected chi connectivity index (χ1v) is 20.0. The Morgan fingerprint density at radius 2 is 1.56 bits per heavy atom. The van der Waals surface area contributed by atoms with E-state index >= 15 is 0 Å². The van der Waals surface area contributed by atoms with Gasteiger partial charge in [-0.3, -0.25) is 24.0 Å². The molecular formula is C39H67N3O10. The second-order valence-electron chi connectivity index (χ2n) is 16.6. The fourth-order valence-corrected chi connectivity index (χ4v) is 10.6. The SMILES string of the molecule is CCCCCNC(=O)COCCOCCNC(=O)CCC(=O)NOC1CC[C@]2(C)C3C[C@H](O)[C@@]4(C)C(CC[C@@H]4[C@H](C)CCC(=O)O)[C@@H]3[C@H](O)C[C@@H]2C1. The zero-order valence-corrected chi connectivity index (χ0v) is 32.0. The third-order valence-corrected chi connectivity index (χ3v) is 13.5. The molecule has 0 aliphatic heterocycles. The minimum absolute atomic E-state index is 0.00556. The first-order chi connectivity index (χ1) is 24.8. The van der Waals surface area contributed by atoms with Crippen LogP contribution in [0.15, 0.2) is 0 Å². The van der Waals surface area contributed by atoms with Gasteiger partial charge in [-0.05, 0) is 104 Å². The second kappa shape index (κ2) is 19.8. The number of rotatable bonds is 21. The molecule has 3 unspecified atom stereocenters. The summed E-state index contributed by atoms with van der Waals surface area (Å²) in [7, 11) is 0. The highest BCUT2D eigenvalue weighted by Crippen LogP contribution is 2.68. The highest BCUT2D eigenvalue weighted by Gasteiger charge is 2.65. The Bertz CT molecular complexity index is 1190. The fraction of sp³-hybridized carbons (Fsp3) is 0.897. The lowest BCUT2D eigenvalue weighted by Gasteiger charge is -2.63. The van der Waals surface area contributed by atoms with Gasteiger partial charge in [0.2, 0.25) is 17.7 Å². The number of carboxylic acids is 1. The Kier molecular flexibility index (Phi) is 16.2. The molecule has 0 saturated heterocycles. The van der Waals surface area contributed by atoms with E-state index in [0.29, 0.717) is 52.0 Å². The minimum Gasteiger partial charge on any atom is -0.481 e. The maximum absolute atomic E-state index is 12.5. The number of fused-ring (bicyclic) bond motifs is 5. The molecule has 0 radical (unpaired) electrons. The van der Waals surface area contributed by atoms with Gasteiger partial charge in [-0.2, -0.15) is 0 Å². The smallest absolute Gasteiger partial charge is 0.303 e.